The van der Waals surface area contributed by atoms with Crippen molar-refractivity contribution >= 4 is 0 Å². The zero-order valence-electron chi connectivity index (χ0n) is 10.2. The van der Waals surface area contributed by atoms with Gasteiger partial charge in [-0.1, -0.05) is 33.8 Å². The second kappa shape index (κ2) is 3.96. The molecule has 0 saturated heterocycles. The lowest BCUT2D eigenvalue weighted by Crippen LogP contribution is -2.22. The molecule has 82 valence electrons. The van der Waals surface area contributed by atoms with Crippen molar-refractivity contribution in [1.82, 2.24) is 4.98 Å². The standard InChI is InChI=1S/C14H21N/c1-9(2)13-7-12-5-10(3)11(4)6-14(12)15-8-13/h7-11H,5-6H2,1-4H3. The molecule has 2 atom stereocenters. The van der Waals surface area contributed by atoms with Gasteiger partial charge in [0.15, 0.2) is 0 Å². The Morgan fingerprint density at radius 1 is 1.20 bits per heavy atom. The highest BCUT2D eigenvalue weighted by molar-refractivity contribution is 5.29. The van der Waals surface area contributed by atoms with Crippen LogP contribution in [0.5, 0.6) is 0 Å². The summed E-state index contributed by atoms with van der Waals surface area (Å²) in [6, 6.07) is 2.37. The molecule has 2 unspecified atom stereocenters. The van der Waals surface area contributed by atoms with Gasteiger partial charge in [0.2, 0.25) is 0 Å². The molecule has 1 heteroatoms. The molecule has 1 nitrogen and oxygen atoms in total. The summed E-state index contributed by atoms with van der Waals surface area (Å²) in [5.41, 5.74) is 4.22. The maximum absolute atomic E-state index is 4.63. The Balaban J connectivity index is 2.33. The van der Waals surface area contributed by atoms with Gasteiger partial charge in [-0.15, -0.1) is 0 Å². The number of fused-ring (bicyclic) bond motifs is 1. The highest BCUT2D eigenvalue weighted by Gasteiger charge is 2.23. The molecule has 0 saturated carbocycles. The quantitative estimate of drug-likeness (QED) is 0.680. The van der Waals surface area contributed by atoms with Crippen LogP contribution in [0.4, 0.5) is 0 Å². The minimum atomic E-state index is 0.595. The molecule has 0 aromatic carbocycles. The monoisotopic (exact) mass is 203 g/mol. The highest BCUT2D eigenvalue weighted by Crippen LogP contribution is 2.30. The van der Waals surface area contributed by atoms with E-state index in [1.54, 1.807) is 0 Å². The lowest BCUT2D eigenvalue weighted by atomic mass is 9.79. The van der Waals surface area contributed by atoms with Crippen molar-refractivity contribution in [3.63, 3.8) is 0 Å². The molecule has 1 aliphatic carbocycles. The van der Waals surface area contributed by atoms with Gasteiger partial charge in [-0.2, -0.15) is 0 Å². The van der Waals surface area contributed by atoms with Crippen LogP contribution in [-0.4, -0.2) is 4.98 Å². The SMILES string of the molecule is CC(C)c1cnc2c(c1)CC(C)C(C)C2. The zero-order valence-corrected chi connectivity index (χ0v) is 10.2. The smallest absolute Gasteiger partial charge is 0.0438 e. The average molecular weight is 203 g/mol. The number of hydrogen-bond acceptors (Lipinski definition) is 1. The van der Waals surface area contributed by atoms with Gasteiger partial charge in [0.25, 0.3) is 0 Å². The molecule has 0 bridgehead atoms. The average Bonchev–Trinajstić information content (AvgIpc) is 2.19. The van der Waals surface area contributed by atoms with E-state index in [2.05, 4.69) is 44.9 Å². The Bertz CT molecular complexity index is 354. The van der Waals surface area contributed by atoms with E-state index in [0.29, 0.717) is 5.92 Å². The first kappa shape index (κ1) is 10.7. The molecule has 1 aliphatic rings. The summed E-state index contributed by atoms with van der Waals surface area (Å²) in [5.74, 6) is 2.19. The first-order valence-corrected chi connectivity index (χ1v) is 6.05. The van der Waals surface area contributed by atoms with Gasteiger partial charge in [-0.05, 0) is 41.7 Å². The Hall–Kier alpha value is -0.850. The minimum absolute atomic E-state index is 0.595. The first-order valence-electron chi connectivity index (χ1n) is 6.05. The third-order valence-corrected chi connectivity index (χ3v) is 3.78. The van der Waals surface area contributed by atoms with Crippen LogP contribution in [0.2, 0.25) is 0 Å². The van der Waals surface area contributed by atoms with E-state index in [-0.39, 0.29) is 0 Å². The summed E-state index contributed by atoms with van der Waals surface area (Å²) in [6.07, 6.45) is 4.44. The molecule has 0 N–H and O–H groups in total. The van der Waals surface area contributed by atoms with Crippen LogP contribution in [-0.2, 0) is 12.8 Å². The van der Waals surface area contributed by atoms with Gasteiger partial charge in [0.05, 0.1) is 0 Å². The van der Waals surface area contributed by atoms with E-state index in [1.807, 2.05) is 0 Å². The number of aromatic nitrogens is 1. The van der Waals surface area contributed by atoms with Crippen molar-refractivity contribution in [2.75, 3.05) is 0 Å². The maximum atomic E-state index is 4.63. The van der Waals surface area contributed by atoms with E-state index in [4.69, 9.17) is 0 Å². The lowest BCUT2D eigenvalue weighted by Gasteiger charge is -2.27. The summed E-state index contributed by atoms with van der Waals surface area (Å²) >= 11 is 0. The fourth-order valence-corrected chi connectivity index (χ4v) is 2.29. The van der Waals surface area contributed by atoms with E-state index < -0.39 is 0 Å². The van der Waals surface area contributed by atoms with Crippen LogP contribution in [0.25, 0.3) is 0 Å². The summed E-state index contributed by atoms with van der Waals surface area (Å²) in [7, 11) is 0. The van der Waals surface area contributed by atoms with Gasteiger partial charge in [0, 0.05) is 11.9 Å². The Morgan fingerprint density at radius 3 is 2.53 bits per heavy atom. The van der Waals surface area contributed by atoms with Gasteiger partial charge in [0.1, 0.15) is 0 Å². The second-order valence-electron chi connectivity index (χ2n) is 5.39. The van der Waals surface area contributed by atoms with Crippen LogP contribution in [0.3, 0.4) is 0 Å². The van der Waals surface area contributed by atoms with Crippen LogP contribution >= 0.6 is 0 Å². The van der Waals surface area contributed by atoms with Gasteiger partial charge >= 0.3 is 0 Å². The highest BCUT2D eigenvalue weighted by atomic mass is 14.7. The van der Waals surface area contributed by atoms with Crippen LogP contribution in [0, 0.1) is 11.8 Å². The fourth-order valence-electron chi connectivity index (χ4n) is 2.29. The summed E-state index contributed by atoms with van der Waals surface area (Å²) < 4.78 is 0. The minimum Gasteiger partial charge on any atom is -0.261 e. The number of nitrogens with zero attached hydrogens (tertiary/aromatic N) is 1. The molecule has 0 aliphatic heterocycles. The molecule has 0 radical (unpaired) electrons. The fraction of sp³-hybridized carbons (Fsp3) is 0.643. The van der Waals surface area contributed by atoms with Crippen molar-refractivity contribution in [3.8, 4) is 0 Å². The van der Waals surface area contributed by atoms with Crippen molar-refractivity contribution < 1.29 is 0 Å². The molecule has 1 aromatic rings. The number of hydrogen-bond donors (Lipinski definition) is 0. The van der Waals surface area contributed by atoms with E-state index >= 15 is 0 Å². The lowest BCUT2D eigenvalue weighted by molar-refractivity contribution is 0.356. The Kier molecular flexibility index (Phi) is 2.81. The molecule has 15 heavy (non-hydrogen) atoms. The third kappa shape index (κ3) is 2.06. The molecule has 1 aromatic heterocycles. The third-order valence-electron chi connectivity index (χ3n) is 3.78. The summed E-state index contributed by atoms with van der Waals surface area (Å²) in [4.78, 5) is 4.63. The number of rotatable bonds is 1. The van der Waals surface area contributed by atoms with Gasteiger partial charge in [-0.25, -0.2) is 0 Å². The molecule has 0 fully saturated rings. The van der Waals surface area contributed by atoms with Crippen LogP contribution < -0.4 is 0 Å². The summed E-state index contributed by atoms with van der Waals surface area (Å²) in [5, 5.41) is 0. The zero-order chi connectivity index (χ0) is 11.0. The largest absolute Gasteiger partial charge is 0.261 e. The molecule has 0 amide bonds. The van der Waals surface area contributed by atoms with E-state index in [0.717, 1.165) is 18.3 Å². The molecular weight excluding hydrogens is 182 g/mol. The van der Waals surface area contributed by atoms with Crippen molar-refractivity contribution in [2.45, 2.75) is 46.5 Å². The second-order valence-corrected chi connectivity index (χ2v) is 5.39. The Morgan fingerprint density at radius 2 is 1.87 bits per heavy atom. The van der Waals surface area contributed by atoms with Gasteiger partial charge in [-0.3, -0.25) is 4.98 Å². The normalized spacial score (nSPS) is 25.4. The predicted octanol–water partition coefficient (Wildman–Crippen LogP) is 3.58. The van der Waals surface area contributed by atoms with Crippen LogP contribution in [0.1, 0.15) is 50.4 Å². The summed E-state index contributed by atoms with van der Waals surface area (Å²) in [6.45, 7) is 9.16. The first-order chi connectivity index (χ1) is 7.08. The molecule has 1 heterocycles. The topological polar surface area (TPSA) is 12.9 Å². The molecular formula is C14H21N. The predicted molar refractivity (Wildman–Crippen MR) is 64.1 cm³/mol. The Labute approximate surface area is 92.9 Å². The maximum Gasteiger partial charge on any atom is 0.0438 e. The van der Waals surface area contributed by atoms with Crippen molar-refractivity contribution in [2.24, 2.45) is 11.8 Å². The molecule has 2 rings (SSSR count). The number of pyridine rings is 1. The molecule has 0 spiro atoms. The van der Waals surface area contributed by atoms with Crippen molar-refractivity contribution in [1.29, 1.82) is 0 Å². The van der Waals surface area contributed by atoms with Crippen LogP contribution in [0.15, 0.2) is 12.3 Å². The van der Waals surface area contributed by atoms with Crippen molar-refractivity contribution in [3.05, 3.63) is 29.1 Å². The van der Waals surface area contributed by atoms with E-state index in [9.17, 15) is 0 Å². The van der Waals surface area contributed by atoms with E-state index in [1.165, 1.54) is 23.2 Å². The van der Waals surface area contributed by atoms with Gasteiger partial charge < -0.3 is 0 Å².